The first-order chi connectivity index (χ1) is 7.70. The highest BCUT2D eigenvalue weighted by Gasteiger charge is 2.18. The Morgan fingerprint density at radius 1 is 1.19 bits per heavy atom. The van der Waals surface area contributed by atoms with E-state index in [-0.39, 0.29) is 6.10 Å². The summed E-state index contributed by atoms with van der Waals surface area (Å²) in [7, 11) is 0. The fourth-order valence-corrected chi connectivity index (χ4v) is 2.65. The molecule has 1 aliphatic rings. The first kappa shape index (κ1) is 11.7. The van der Waals surface area contributed by atoms with Gasteiger partial charge < -0.3 is 5.11 Å². The molecule has 0 heterocycles. The monoisotopic (exact) mass is 236 g/mol. The van der Waals surface area contributed by atoms with E-state index in [1.807, 2.05) is 31.2 Å². The second-order valence-corrected chi connectivity index (χ2v) is 4.77. The van der Waals surface area contributed by atoms with Gasteiger partial charge >= 0.3 is 0 Å². The molecule has 0 saturated carbocycles. The summed E-state index contributed by atoms with van der Waals surface area (Å²) in [6.45, 7) is 1.84. The molecule has 1 atom stereocenters. The van der Waals surface area contributed by atoms with Gasteiger partial charge in [0.1, 0.15) is 0 Å². The normalized spacial score (nSPS) is 18.7. The van der Waals surface area contributed by atoms with E-state index < -0.39 is 0 Å². The molecule has 86 valence electrons. The highest BCUT2D eigenvalue weighted by molar-refractivity contribution is 6.32. The van der Waals surface area contributed by atoms with Crippen molar-refractivity contribution in [2.75, 3.05) is 0 Å². The van der Waals surface area contributed by atoms with Crippen molar-refractivity contribution in [2.24, 2.45) is 0 Å². The third kappa shape index (κ3) is 2.31. The van der Waals surface area contributed by atoms with Gasteiger partial charge in [0.15, 0.2) is 0 Å². The van der Waals surface area contributed by atoms with Gasteiger partial charge in [0, 0.05) is 5.02 Å². The minimum atomic E-state index is -0.355. The smallest absolute Gasteiger partial charge is 0.0727 e. The molecule has 0 amide bonds. The second kappa shape index (κ2) is 5.03. The maximum Gasteiger partial charge on any atom is 0.0727 e. The number of hydrogen-bond donors (Lipinski definition) is 1. The first-order valence-corrected chi connectivity index (χ1v) is 6.23. The van der Waals surface area contributed by atoms with E-state index in [0.717, 1.165) is 23.4 Å². The maximum absolute atomic E-state index is 9.80. The van der Waals surface area contributed by atoms with E-state index in [0.29, 0.717) is 0 Å². The van der Waals surface area contributed by atoms with Gasteiger partial charge in [-0.15, -0.1) is 0 Å². The summed E-state index contributed by atoms with van der Waals surface area (Å²) in [5, 5.41) is 10.6. The minimum absolute atomic E-state index is 0.355. The third-order valence-corrected chi connectivity index (χ3v) is 3.54. The van der Waals surface area contributed by atoms with Crippen molar-refractivity contribution in [1.82, 2.24) is 0 Å². The van der Waals surface area contributed by atoms with Gasteiger partial charge in [-0.2, -0.15) is 0 Å². The van der Waals surface area contributed by atoms with Crippen LogP contribution in [0, 0.1) is 0 Å². The zero-order chi connectivity index (χ0) is 11.5. The lowest BCUT2D eigenvalue weighted by Gasteiger charge is -2.23. The quantitative estimate of drug-likeness (QED) is 0.822. The van der Waals surface area contributed by atoms with Crippen LogP contribution in [0.2, 0.25) is 5.02 Å². The van der Waals surface area contributed by atoms with Crippen LogP contribution in [-0.2, 0) is 0 Å². The van der Waals surface area contributed by atoms with Crippen molar-refractivity contribution in [1.29, 1.82) is 0 Å². The van der Waals surface area contributed by atoms with Gasteiger partial charge in [0.05, 0.1) is 6.10 Å². The zero-order valence-corrected chi connectivity index (χ0v) is 10.3. The Labute approximate surface area is 102 Å². The van der Waals surface area contributed by atoms with Crippen molar-refractivity contribution < 1.29 is 5.11 Å². The molecule has 0 bridgehead atoms. The molecule has 1 unspecified atom stereocenters. The molecule has 0 aromatic heterocycles. The van der Waals surface area contributed by atoms with Crippen LogP contribution in [0.4, 0.5) is 0 Å². The molecule has 1 aromatic carbocycles. The predicted molar refractivity (Wildman–Crippen MR) is 68.5 cm³/mol. The van der Waals surface area contributed by atoms with Gasteiger partial charge in [-0.25, -0.2) is 0 Å². The zero-order valence-electron chi connectivity index (χ0n) is 9.54. The number of aliphatic hydroxyl groups excluding tert-OH is 1. The van der Waals surface area contributed by atoms with Gasteiger partial charge in [0.2, 0.25) is 0 Å². The summed E-state index contributed by atoms with van der Waals surface area (Å²) in [5.74, 6) is 0. The Hall–Kier alpha value is -0.790. The summed E-state index contributed by atoms with van der Waals surface area (Å²) in [4.78, 5) is 0. The Bertz CT molecular complexity index is 407. The summed E-state index contributed by atoms with van der Waals surface area (Å²) in [6, 6.07) is 7.91. The lowest BCUT2D eigenvalue weighted by molar-refractivity contribution is 0.225. The van der Waals surface area contributed by atoms with Gasteiger partial charge in [-0.05, 0) is 55.4 Å². The molecule has 1 aromatic rings. The molecule has 2 heteroatoms. The van der Waals surface area contributed by atoms with Crippen LogP contribution in [0.25, 0.3) is 5.57 Å². The number of benzene rings is 1. The van der Waals surface area contributed by atoms with Gasteiger partial charge in [-0.1, -0.05) is 29.8 Å². The number of hydrogen-bond acceptors (Lipinski definition) is 1. The Balaban J connectivity index is 2.48. The van der Waals surface area contributed by atoms with E-state index in [4.69, 9.17) is 11.6 Å². The molecule has 1 aliphatic carbocycles. The molecule has 0 aliphatic heterocycles. The minimum Gasteiger partial charge on any atom is -0.389 e. The number of allylic oxidation sites excluding steroid dienone is 1. The molecule has 0 saturated heterocycles. The molecular weight excluding hydrogens is 220 g/mol. The predicted octanol–water partition coefficient (Wildman–Crippen LogP) is 4.05. The Morgan fingerprint density at radius 3 is 2.56 bits per heavy atom. The standard InChI is InChI=1S/C14H17ClO/c1-10(16)11-6-2-3-7-12(11)13-8-4-5-9-14(13)15/h4-5,8-10,16H,2-3,6-7H2,1H3. The van der Waals surface area contributed by atoms with Crippen LogP contribution in [0.1, 0.15) is 38.2 Å². The molecule has 0 spiro atoms. The van der Waals surface area contributed by atoms with Crippen molar-refractivity contribution in [2.45, 2.75) is 38.7 Å². The van der Waals surface area contributed by atoms with Crippen molar-refractivity contribution in [3.8, 4) is 0 Å². The lowest BCUT2D eigenvalue weighted by Crippen LogP contribution is -2.11. The number of rotatable bonds is 2. The highest BCUT2D eigenvalue weighted by Crippen LogP contribution is 2.36. The van der Waals surface area contributed by atoms with Gasteiger partial charge in [-0.3, -0.25) is 0 Å². The lowest BCUT2D eigenvalue weighted by atomic mass is 9.85. The van der Waals surface area contributed by atoms with E-state index >= 15 is 0 Å². The molecule has 1 N–H and O–H groups in total. The van der Waals surface area contributed by atoms with Crippen LogP contribution in [0.15, 0.2) is 29.8 Å². The molecule has 0 radical (unpaired) electrons. The van der Waals surface area contributed by atoms with E-state index in [1.165, 1.54) is 24.0 Å². The van der Waals surface area contributed by atoms with Crippen LogP contribution < -0.4 is 0 Å². The largest absolute Gasteiger partial charge is 0.389 e. The summed E-state index contributed by atoms with van der Waals surface area (Å²) in [6.07, 6.45) is 4.04. The van der Waals surface area contributed by atoms with Gasteiger partial charge in [0.25, 0.3) is 0 Å². The molecule has 0 fully saturated rings. The first-order valence-electron chi connectivity index (χ1n) is 5.85. The topological polar surface area (TPSA) is 20.2 Å². The summed E-state index contributed by atoms with van der Waals surface area (Å²) in [5.41, 5.74) is 3.52. The SMILES string of the molecule is CC(O)C1=C(c2ccccc2Cl)CCCC1. The number of halogens is 1. The summed E-state index contributed by atoms with van der Waals surface area (Å²) < 4.78 is 0. The average Bonchev–Trinajstić information content (AvgIpc) is 2.29. The maximum atomic E-state index is 9.80. The van der Waals surface area contributed by atoms with E-state index in [2.05, 4.69) is 0 Å². The Morgan fingerprint density at radius 2 is 1.88 bits per heavy atom. The fraction of sp³-hybridized carbons (Fsp3) is 0.429. The summed E-state index contributed by atoms with van der Waals surface area (Å²) >= 11 is 6.21. The van der Waals surface area contributed by atoms with Crippen LogP contribution in [-0.4, -0.2) is 11.2 Å². The van der Waals surface area contributed by atoms with E-state index in [1.54, 1.807) is 0 Å². The average molecular weight is 237 g/mol. The Kier molecular flexibility index (Phi) is 3.67. The second-order valence-electron chi connectivity index (χ2n) is 4.37. The van der Waals surface area contributed by atoms with Crippen LogP contribution in [0.3, 0.4) is 0 Å². The van der Waals surface area contributed by atoms with E-state index in [9.17, 15) is 5.11 Å². The van der Waals surface area contributed by atoms with Crippen LogP contribution >= 0.6 is 11.6 Å². The molecule has 16 heavy (non-hydrogen) atoms. The molecular formula is C14H17ClO. The molecule has 2 rings (SSSR count). The molecule has 1 nitrogen and oxygen atoms in total. The number of aliphatic hydroxyl groups is 1. The third-order valence-electron chi connectivity index (χ3n) is 3.21. The fourth-order valence-electron chi connectivity index (χ4n) is 2.40. The van der Waals surface area contributed by atoms with Crippen molar-refractivity contribution in [3.05, 3.63) is 40.4 Å². The van der Waals surface area contributed by atoms with Crippen LogP contribution in [0.5, 0.6) is 0 Å². The highest BCUT2D eigenvalue weighted by atomic mass is 35.5. The van der Waals surface area contributed by atoms with Crippen molar-refractivity contribution in [3.63, 3.8) is 0 Å². The van der Waals surface area contributed by atoms with Crippen molar-refractivity contribution >= 4 is 17.2 Å².